The molecule has 0 amide bonds. The summed E-state index contributed by atoms with van der Waals surface area (Å²) < 4.78 is 1.50. The van der Waals surface area contributed by atoms with Crippen molar-refractivity contribution < 1.29 is 14.7 Å². The number of hydrogen-bond donors (Lipinski definition) is 1. The minimum Gasteiger partial charge on any atom is -0.480 e. The Morgan fingerprint density at radius 3 is 2.63 bits per heavy atom. The minimum atomic E-state index is -1.19. The molecule has 0 aliphatic rings. The van der Waals surface area contributed by atoms with Crippen molar-refractivity contribution in [1.82, 2.24) is 9.78 Å². The maximum Gasteiger partial charge on any atom is 0.325 e. The van der Waals surface area contributed by atoms with Crippen molar-refractivity contribution in [2.45, 2.75) is 13.5 Å². The molecule has 0 atom stereocenters. The molecule has 0 radical (unpaired) electrons. The summed E-state index contributed by atoms with van der Waals surface area (Å²) >= 11 is 3.26. The Bertz CT molecular complexity index is 751. The van der Waals surface area contributed by atoms with E-state index in [0.717, 1.165) is 4.68 Å². The van der Waals surface area contributed by atoms with Crippen molar-refractivity contribution in [3.8, 4) is 0 Å². The van der Waals surface area contributed by atoms with Gasteiger partial charge in [0.2, 0.25) is 0 Å². The fraction of sp³-hybridized carbons (Fsp3) is 0.167. The molecule has 1 N–H and O–H groups in total. The van der Waals surface area contributed by atoms with Crippen LogP contribution < -0.4 is 5.56 Å². The standard InChI is InChI=1S/C12H9BrN2O4/c1-6(16)11-9-4-7(13)2-3-8(9)12(19)15(14-11)5-10(17)18/h2-4H,5H2,1H3,(H,17,18). The highest BCUT2D eigenvalue weighted by atomic mass is 79.9. The van der Waals surface area contributed by atoms with Crippen LogP contribution in [0.3, 0.4) is 0 Å². The summed E-state index contributed by atoms with van der Waals surface area (Å²) in [6.07, 6.45) is 0. The SMILES string of the molecule is CC(=O)c1nn(CC(=O)O)c(=O)c2ccc(Br)cc12. The van der Waals surface area contributed by atoms with Gasteiger partial charge in [-0.2, -0.15) is 5.10 Å². The lowest BCUT2D eigenvalue weighted by Crippen LogP contribution is -2.28. The molecular formula is C12H9BrN2O4. The topological polar surface area (TPSA) is 89.3 Å². The van der Waals surface area contributed by atoms with E-state index in [-0.39, 0.29) is 16.9 Å². The van der Waals surface area contributed by atoms with Crippen LogP contribution in [0.4, 0.5) is 0 Å². The van der Waals surface area contributed by atoms with Crippen LogP contribution in [0.5, 0.6) is 0 Å². The predicted molar refractivity (Wildman–Crippen MR) is 71.3 cm³/mol. The molecule has 6 nitrogen and oxygen atoms in total. The summed E-state index contributed by atoms with van der Waals surface area (Å²) in [5.41, 5.74) is -0.452. The van der Waals surface area contributed by atoms with Gasteiger partial charge in [0.1, 0.15) is 12.2 Å². The number of benzene rings is 1. The first-order chi connectivity index (χ1) is 8.90. The number of ketones is 1. The molecule has 0 saturated heterocycles. The molecule has 2 rings (SSSR count). The highest BCUT2D eigenvalue weighted by molar-refractivity contribution is 9.10. The number of fused-ring (bicyclic) bond motifs is 1. The number of nitrogens with zero attached hydrogens (tertiary/aromatic N) is 2. The summed E-state index contributed by atoms with van der Waals surface area (Å²) in [5, 5.41) is 13.3. The molecule has 0 spiro atoms. The smallest absolute Gasteiger partial charge is 0.325 e. The number of hydrogen-bond acceptors (Lipinski definition) is 4. The largest absolute Gasteiger partial charge is 0.480 e. The summed E-state index contributed by atoms with van der Waals surface area (Å²) in [7, 11) is 0. The van der Waals surface area contributed by atoms with Gasteiger partial charge >= 0.3 is 5.97 Å². The summed E-state index contributed by atoms with van der Waals surface area (Å²) in [5.74, 6) is -1.53. The lowest BCUT2D eigenvalue weighted by molar-refractivity contribution is -0.138. The molecule has 0 bridgehead atoms. The second-order valence-corrected chi connectivity index (χ2v) is 4.87. The Morgan fingerprint density at radius 1 is 1.37 bits per heavy atom. The number of Topliss-reactive ketones (excluding diaryl/α,β-unsaturated/α-hetero) is 1. The van der Waals surface area contributed by atoms with E-state index in [9.17, 15) is 14.4 Å². The molecule has 0 aliphatic carbocycles. The van der Waals surface area contributed by atoms with E-state index in [4.69, 9.17) is 5.11 Å². The zero-order chi connectivity index (χ0) is 14.2. The molecule has 7 heteroatoms. The third-order valence-electron chi connectivity index (χ3n) is 2.54. The van der Waals surface area contributed by atoms with Gasteiger partial charge in [-0.1, -0.05) is 15.9 Å². The van der Waals surface area contributed by atoms with E-state index in [2.05, 4.69) is 21.0 Å². The van der Waals surface area contributed by atoms with Gasteiger partial charge in [-0.25, -0.2) is 4.68 Å². The number of aromatic nitrogens is 2. The van der Waals surface area contributed by atoms with Gasteiger partial charge in [-0.3, -0.25) is 14.4 Å². The number of carbonyl (C=O) groups is 2. The highest BCUT2D eigenvalue weighted by Gasteiger charge is 2.15. The van der Waals surface area contributed by atoms with Crippen LogP contribution in [-0.4, -0.2) is 26.6 Å². The van der Waals surface area contributed by atoms with Gasteiger partial charge in [0.25, 0.3) is 5.56 Å². The number of carbonyl (C=O) groups excluding carboxylic acids is 1. The normalized spacial score (nSPS) is 10.6. The number of aliphatic carboxylic acids is 1. The molecule has 0 aliphatic heterocycles. The number of carboxylic acid groups (broad SMARTS) is 1. The van der Waals surface area contributed by atoms with Gasteiger partial charge < -0.3 is 5.11 Å². The van der Waals surface area contributed by atoms with Crippen molar-refractivity contribution in [2.24, 2.45) is 0 Å². The van der Waals surface area contributed by atoms with Gasteiger partial charge in [-0.05, 0) is 18.2 Å². The molecular weight excluding hydrogens is 316 g/mol. The molecule has 1 aromatic heterocycles. The number of rotatable bonds is 3. The first-order valence-corrected chi connectivity index (χ1v) is 6.12. The Hall–Kier alpha value is -2.02. The van der Waals surface area contributed by atoms with Gasteiger partial charge in [0.15, 0.2) is 5.78 Å². The summed E-state index contributed by atoms with van der Waals surface area (Å²) in [4.78, 5) is 34.3. The summed E-state index contributed by atoms with van der Waals surface area (Å²) in [6, 6.07) is 4.80. The maximum absolute atomic E-state index is 12.1. The van der Waals surface area contributed by atoms with Crippen molar-refractivity contribution in [1.29, 1.82) is 0 Å². The van der Waals surface area contributed by atoms with Crippen molar-refractivity contribution in [2.75, 3.05) is 0 Å². The van der Waals surface area contributed by atoms with E-state index in [0.29, 0.717) is 9.86 Å². The van der Waals surface area contributed by atoms with Crippen LogP contribution in [0, 0.1) is 0 Å². The van der Waals surface area contributed by atoms with Gasteiger partial charge in [-0.15, -0.1) is 0 Å². The monoisotopic (exact) mass is 324 g/mol. The second kappa shape index (κ2) is 4.93. The first kappa shape index (κ1) is 13.4. The van der Waals surface area contributed by atoms with E-state index in [1.807, 2.05) is 0 Å². The fourth-order valence-corrected chi connectivity index (χ4v) is 2.11. The van der Waals surface area contributed by atoms with Crippen LogP contribution in [0.15, 0.2) is 27.5 Å². The van der Waals surface area contributed by atoms with E-state index < -0.39 is 18.1 Å². The minimum absolute atomic E-state index is 0.0807. The van der Waals surface area contributed by atoms with Crippen LogP contribution in [0.1, 0.15) is 17.4 Å². The fourth-order valence-electron chi connectivity index (χ4n) is 1.75. The Labute approximate surface area is 115 Å². The Kier molecular flexibility index (Phi) is 3.48. The molecule has 0 fully saturated rings. The third-order valence-corrected chi connectivity index (χ3v) is 3.03. The second-order valence-electron chi connectivity index (χ2n) is 3.95. The maximum atomic E-state index is 12.1. The molecule has 1 heterocycles. The third kappa shape index (κ3) is 2.55. The zero-order valence-electron chi connectivity index (χ0n) is 9.88. The van der Waals surface area contributed by atoms with Crippen LogP contribution >= 0.6 is 15.9 Å². The van der Waals surface area contributed by atoms with E-state index in [1.165, 1.54) is 13.0 Å². The molecule has 19 heavy (non-hydrogen) atoms. The van der Waals surface area contributed by atoms with Crippen LogP contribution in [0.2, 0.25) is 0 Å². The summed E-state index contributed by atoms with van der Waals surface area (Å²) in [6.45, 7) is 0.739. The number of halogens is 1. The van der Waals surface area contributed by atoms with Crippen molar-refractivity contribution >= 4 is 38.5 Å². The van der Waals surface area contributed by atoms with Crippen LogP contribution in [-0.2, 0) is 11.3 Å². The quantitative estimate of drug-likeness (QED) is 0.863. The average Bonchev–Trinajstić information content (AvgIpc) is 2.31. The van der Waals surface area contributed by atoms with Gasteiger partial charge in [0, 0.05) is 16.8 Å². The van der Waals surface area contributed by atoms with Crippen molar-refractivity contribution in [3.05, 3.63) is 38.7 Å². The van der Waals surface area contributed by atoms with E-state index in [1.54, 1.807) is 12.1 Å². The highest BCUT2D eigenvalue weighted by Crippen LogP contribution is 2.19. The van der Waals surface area contributed by atoms with E-state index >= 15 is 0 Å². The lowest BCUT2D eigenvalue weighted by Gasteiger charge is -2.07. The molecule has 0 saturated carbocycles. The average molecular weight is 325 g/mol. The molecule has 1 aromatic carbocycles. The Balaban J connectivity index is 2.86. The molecule has 98 valence electrons. The Morgan fingerprint density at radius 2 is 2.05 bits per heavy atom. The lowest BCUT2D eigenvalue weighted by atomic mass is 10.1. The first-order valence-electron chi connectivity index (χ1n) is 5.33. The number of carboxylic acids is 1. The molecule has 2 aromatic rings. The van der Waals surface area contributed by atoms with Crippen molar-refractivity contribution in [3.63, 3.8) is 0 Å². The predicted octanol–water partition coefficient (Wildman–Crippen LogP) is 1.45. The van der Waals surface area contributed by atoms with Crippen LogP contribution in [0.25, 0.3) is 10.8 Å². The zero-order valence-corrected chi connectivity index (χ0v) is 11.5. The van der Waals surface area contributed by atoms with Gasteiger partial charge in [0.05, 0.1) is 5.39 Å². The molecule has 0 unspecified atom stereocenters.